The molecule has 1 aromatic heterocycles. The molecule has 0 saturated carbocycles. The molecule has 1 aromatic rings. The Balaban J connectivity index is 1.74. The van der Waals surface area contributed by atoms with Crippen molar-refractivity contribution in [2.75, 3.05) is 45.2 Å². The van der Waals surface area contributed by atoms with E-state index in [0.717, 1.165) is 36.6 Å². The van der Waals surface area contributed by atoms with Crippen molar-refractivity contribution >= 4 is 17.6 Å². The third-order valence-electron chi connectivity index (χ3n) is 5.15. The van der Waals surface area contributed by atoms with Gasteiger partial charge in [-0.15, -0.1) is 0 Å². The number of hydrogen-bond donors (Lipinski definition) is 1. The Labute approximate surface area is 154 Å². The Morgan fingerprint density at radius 1 is 1.31 bits per heavy atom. The highest BCUT2D eigenvalue weighted by molar-refractivity contribution is 5.89. The number of anilines is 1. The van der Waals surface area contributed by atoms with Gasteiger partial charge in [-0.1, -0.05) is 6.92 Å². The first kappa shape index (κ1) is 18.6. The van der Waals surface area contributed by atoms with Crippen LogP contribution in [0.4, 0.5) is 5.82 Å². The number of amides is 2. The summed E-state index contributed by atoms with van der Waals surface area (Å²) in [6.45, 7) is 7.24. The lowest BCUT2D eigenvalue weighted by Crippen LogP contribution is -2.56. The highest BCUT2D eigenvalue weighted by atomic mass is 16.2. The number of carbonyl (C=O) groups excluding carboxylic acids is 2. The van der Waals surface area contributed by atoms with Gasteiger partial charge in [-0.3, -0.25) is 14.5 Å². The van der Waals surface area contributed by atoms with Crippen molar-refractivity contribution in [2.45, 2.75) is 39.3 Å². The number of piperazine rings is 1. The maximum absolute atomic E-state index is 12.9. The van der Waals surface area contributed by atoms with Gasteiger partial charge in [0.25, 0.3) is 0 Å². The van der Waals surface area contributed by atoms with E-state index in [4.69, 9.17) is 0 Å². The van der Waals surface area contributed by atoms with Crippen molar-refractivity contribution < 1.29 is 9.59 Å². The molecule has 0 bridgehead atoms. The second kappa shape index (κ2) is 7.57. The monoisotopic (exact) mass is 360 g/mol. The fourth-order valence-corrected chi connectivity index (χ4v) is 3.77. The first-order valence-electron chi connectivity index (χ1n) is 9.24. The minimum absolute atomic E-state index is 0.0128. The van der Waals surface area contributed by atoms with Crippen LogP contribution >= 0.6 is 0 Å². The number of rotatable bonds is 4. The number of likely N-dealkylation sites (N-methyl/N-ethyl adjacent to an activating group) is 1. The van der Waals surface area contributed by atoms with Crippen molar-refractivity contribution in [3.05, 3.63) is 17.1 Å². The van der Waals surface area contributed by atoms with Crippen LogP contribution in [0.1, 0.15) is 30.4 Å². The molecule has 2 amide bonds. The minimum atomic E-state index is -0.368. The molecule has 0 radical (unpaired) electrons. The molecule has 2 aliphatic heterocycles. The molecule has 142 valence electrons. The maximum atomic E-state index is 12.9. The molecule has 1 fully saturated rings. The number of aryl methyl sites for hydroxylation is 1. The van der Waals surface area contributed by atoms with Gasteiger partial charge in [-0.05, 0) is 19.9 Å². The van der Waals surface area contributed by atoms with Gasteiger partial charge < -0.3 is 15.1 Å². The zero-order chi connectivity index (χ0) is 18.8. The SMILES string of the molecule is CCN1CCNC(=O)[C@H]1CC(=O)N1CCc2c(nc(C)nc2N(C)C)C1. The average Bonchev–Trinajstić information content (AvgIpc) is 2.61. The summed E-state index contributed by atoms with van der Waals surface area (Å²) in [5.41, 5.74) is 2.04. The smallest absolute Gasteiger partial charge is 0.237 e. The summed E-state index contributed by atoms with van der Waals surface area (Å²) in [7, 11) is 3.95. The van der Waals surface area contributed by atoms with E-state index in [9.17, 15) is 9.59 Å². The van der Waals surface area contributed by atoms with Crippen molar-refractivity contribution in [2.24, 2.45) is 0 Å². The fraction of sp³-hybridized carbons (Fsp3) is 0.667. The first-order valence-corrected chi connectivity index (χ1v) is 9.24. The molecule has 1 saturated heterocycles. The Morgan fingerprint density at radius 2 is 2.08 bits per heavy atom. The fourth-order valence-electron chi connectivity index (χ4n) is 3.77. The maximum Gasteiger partial charge on any atom is 0.237 e. The van der Waals surface area contributed by atoms with E-state index in [0.29, 0.717) is 25.5 Å². The van der Waals surface area contributed by atoms with Gasteiger partial charge in [0.1, 0.15) is 11.6 Å². The van der Waals surface area contributed by atoms with Gasteiger partial charge in [0.05, 0.1) is 24.7 Å². The van der Waals surface area contributed by atoms with Crippen LogP contribution in [0, 0.1) is 6.92 Å². The van der Waals surface area contributed by atoms with Gasteiger partial charge in [0.15, 0.2) is 0 Å². The van der Waals surface area contributed by atoms with Crippen LogP contribution in [0.5, 0.6) is 0 Å². The molecule has 3 rings (SSSR count). The normalized spacial score (nSPS) is 20.5. The molecular weight excluding hydrogens is 332 g/mol. The van der Waals surface area contributed by atoms with E-state index >= 15 is 0 Å². The lowest BCUT2D eigenvalue weighted by Gasteiger charge is -2.36. The number of carbonyl (C=O) groups is 2. The molecule has 1 N–H and O–H groups in total. The Bertz CT molecular complexity index is 705. The lowest BCUT2D eigenvalue weighted by atomic mass is 10.0. The number of hydrogen-bond acceptors (Lipinski definition) is 6. The second-order valence-electron chi connectivity index (χ2n) is 7.12. The number of nitrogens with one attached hydrogen (secondary N) is 1. The molecule has 2 aliphatic rings. The summed E-state index contributed by atoms with van der Waals surface area (Å²) in [6.07, 6.45) is 0.961. The van der Waals surface area contributed by atoms with Crippen molar-refractivity contribution in [3.8, 4) is 0 Å². The van der Waals surface area contributed by atoms with Gasteiger partial charge >= 0.3 is 0 Å². The molecular formula is C18H28N6O2. The molecule has 3 heterocycles. The molecule has 1 atom stereocenters. The van der Waals surface area contributed by atoms with Crippen LogP contribution in [0.15, 0.2) is 0 Å². The van der Waals surface area contributed by atoms with E-state index in [2.05, 4.69) is 20.2 Å². The largest absolute Gasteiger partial charge is 0.362 e. The highest BCUT2D eigenvalue weighted by Gasteiger charge is 2.33. The van der Waals surface area contributed by atoms with Crippen molar-refractivity contribution in [3.63, 3.8) is 0 Å². The van der Waals surface area contributed by atoms with Gasteiger partial charge in [-0.2, -0.15) is 0 Å². The molecule has 8 heteroatoms. The van der Waals surface area contributed by atoms with Gasteiger partial charge in [-0.25, -0.2) is 9.97 Å². The Morgan fingerprint density at radius 3 is 2.77 bits per heavy atom. The number of nitrogens with zero attached hydrogens (tertiary/aromatic N) is 5. The first-order chi connectivity index (χ1) is 12.4. The third kappa shape index (κ3) is 3.65. The standard InChI is InChI=1S/C18H28N6O2/c1-5-23-9-7-19-18(26)15(23)10-16(25)24-8-6-13-14(11-24)20-12(2)21-17(13)22(3)4/h15H,5-11H2,1-4H3,(H,19,26)/t15-/m1/s1. The predicted octanol–water partition coefficient (Wildman–Crippen LogP) is -0.0539. The number of fused-ring (bicyclic) bond motifs is 1. The second-order valence-corrected chi connectivity index (χ2v) is 7.12. The van der Waals surface area contributed by atoms with E-state index < -0.39 is 0 Å². The van der Waals surface area contributed by atoms with E-state index in [1.807, 2.05) is 37.7 Å². The van der Waals surface area contributed by atoms with E-state index in [1.54, 1.807) is 0 Å². The Hall–Kier alpha value is -2.22. The van der Waals surface area contributed by atoms with Crippen LogP contribution in [0.3, 0.4) is 0 Å². The summed E-state index contributed by atoms with van der Waals surface area (Å²) in [5, 5.41) is 2.87. The highest BCUT2D eigenvalue weighted by Crippen LogP contribution is 2.26. The van der Waals surface area contributed by atoms with E-state index in [1.165, 1.54) is 0 Å². The van der Waals surface area contributed by atoms with Crippen LogP contribution in [0.2, 0.25) is 0 Å². The Kier molecular flexibility index (Phi) is 5.41. The summed E-state index contributed by atoms with van der Waals surface area (Å²) in [4.78, 5) is 40.0. The van der Waals surface area contributed by atoms with Crippen LogP contribution in [-0.4, -0.2) is 77.9 Å². The topological polar surface area (TPSA) is 81.7 Å². The summed E-state index contributed by atoms with van der Waals surface area (Å²) >= 11 is 0. The summed E-state index contributed by atoms with van der Waals surface area (Å²) in [5.74, 6) is 1.62. The molecule has 0 spiro atoms. The van der Waals surface area contributed by atoms with Crippen molar-refractivity contribution in [1.29, 1.82) is 0 Å². The third-order valence-corrected chi connectivity index (χ3v) is 5.15. The quantitative estimate of drug-likeness (QED) is 0.811. The lowest BCUT2D eigenvalue weighted by molar-refractivity contribution is -0.139. The van der Waals surface area contributed by atoms with Gasteiger partial charge in [0.2, 0.25) is 11.8 Å². The average molecular weight is 360 g/mol. The molecule has 0 aromatic carbocycles. The van der Waals surface area contributed by atoms with Crippen molar-refractivity contribution in [1.82, 2.24) is 25.1 Å². The van der Waals surface area contributed by atoms with Crippen LogP contribution in [0.25, 0.3) is 0 Å². The van der Waals surface area contributed by atoms with Gasteiger partial charge in [0, 0.05) is 39.3 Å². The predicted molar refractivity (Wildman–Crippen MR) is 98.9 cm³/mol. The zero-order valence-electron chi connectivity index (χ0n) is 16.1. The zero-order valence-corrected chi connectivity index (χ0v) is 16.1. The summed E-state index contributed by atoms with van der Waals surface area (Å²) < 4.78 is 0. The molecule has 26 heavy (non-hydrogen) atoms. The molecule has 8 nitrogen and oxygen atoms in total. The minimum Gasteiger partial charge on any atom is -0.362 e. The molecule has 0 aliphatic carbocycles. The van der Waals surface area contributed by atoms with Crippen LogP contribution < -0.4 is 10.2 Å². The summed E-state index contributed by atoms with van der Waals surface area (Å²) in [6, 6.07) is -0.368. The molecule has 0 unspecified atom stereocenters. The number of aromatic nitrogens is 2. The van der Waals surface area contributed by atoms with Crippen LogP contribution in [-0.2, 0) is 22.6 Å². The van der Waals surface area contributed by atoms with E-state index in [-0.39, 0.29) is 24.3 Å².